The first kappa shape index (κ1) is 12.0. The van der Waals surface area contributed by atoms with Crippen LogP contribution in [0.4, 0.5) is 0 Å². The standard InChI is InChI=1S/C11H14N2O3S/c1-2-13-8(14)4-3-7(11(15)16)9(13)10-12-5-6-17-10/h5-7,9H,2-4H2,1H3,(H,15,16). The predicted octanol–water partition coefficient (Wildman–Crippen LogP) is 1.53. The van der Waals surface area contributed by atoms with E-state index in [-0.39, 0.29) is 5.91 Å². The molecule has 92 valence electrons. The normalized spacial score (nSPS) is 25.0. The van der Waals surface area contributed by atoms with Gasteiger partial charge in [0, 0.05) is 24.5 Å². The minimum atomic E-state index is -0.851. The molecule has 2 atom stereocenters. The molecule has 0 aliphatic carbocycles. The average molecular weight is 254 g/mol. The van der Waals surface area contributed by atoms with Gasteiger partial charge in [0.2, 0.25) is 5.91 Å². The summed E-state index contributed by atoms with van der Waals surface area (Å²) in [5.74, 6) is -1.37. The van der Waals surface area contributed by atoms with Gasteiger partial charge in [-0.15, -0.1) is 11.3 Å². The average Bonchev–Trinajstić information content (AvgIpc) is 2.81. The molecule has 1 aromatic rings. The van der Waals surface area contributed by atoms with Crippen LogP contribution in [-0.2, 0) is 9.59 Å². The maximum atomic E-state index is 11.8. The van der Waals surface area contributed by atoms with Crippen molar-refractivity contribution in [3.63, 3.8) is 0 Å². The van der Waals surface area contributed by atoms with Crippen molar-refractivity contribution in [2.75, 3.05) is 6.54 Å². The van der Waals surface area contributed by atoms with Gasteiger partial charge < -0.3 is 10.0 Å². The molecule has 1 N–H and O–H groups in total. The molecule has 1 aliphatic rings. The maximum Gasteiger partial charge on any atom is 0.309 e. The number of carbonyl (C=O) groups is 2. The van der Waals surface area contributed by atoms with Crippen LogP contribution in [0.25, 0.3) is 0 Å². The van der Waals surface area contributed by atoms with Gasteiger partial charge in [-0.1, -0.05) is 0 Å². The molecule has 0 aromatic carbocycles. The molecule has 0 saturated carbocycles. The van der Waals surface area contributed by atoms with Gasteiger partial charge in [-0.05, 0) is 13.3 Å². The molecule has 0 radical (unpaired) electrons. The number of carboxylic acids is 1. The summed E-state index contributed by atoms with van der Waals surface area (Å²) in [6.07, 6.45) is 2.35. The van der Waals surface area contributed by atoms with E-state index in [0.717, 1.165) is 0 Å². The number of aromatic nitrogens is 1. The van der Waals surface area contributed by atoms with Gasteiger partial charge >= 0.3 is 5.97 Å². The zero-order chi connectivity index (χ0) is 12.4. The number of carbonyl (C=O) groups excluding carboxylic acids is 1. The minimum absolute atomic E-state index is 0.0187. The van der Waals surface area contributed by atoms with E-state index in [4.69, 9.17) is 0 Å². The number of aliphatic carboxylic acids is 1. The SMILES string of the molecule is CCN1C(=O)CCC(C(=O)O)C1c1nccs1. The topological polar surface area (TPSA) is 70.5 Å². The number of nitrogens with zero attached hydrogens (tertiary/aromatic N) is 2. The molecule has 5 nitrogen and oxygen atoms in total. The van der Waals surface area contributed by atoms with E-state index in [1.807, 2.05) is 6.92 Å². The number of hydrogen-bond donors (Lipinski definition) is 1. The van der Waals surface area contributed by atoms with Gasteiger partial charge in [-0.3, -0.25) is 9.59 Å². The smallest absolute Gasteiger partial charge is 0.309 e. The second-order valence-electron chi connectivity index (χ2n) is 3.98. The van der Waals surface area contributed by atoms with Gasteiger partial charge in [-0.25, -0.2) is 4.98 Å². The van der Waals surface area contributed by atoms with Gasteiger partial charge in [-0.2, -0.15) is 0 Å². The fourth-order valence-electron chi connectivity index (χ4n) is 2.27. The number of rotatable bonds is 3. The molecule has 2 heterocycles. The lowest BCUT2D eigenvalue weighted by Gasteiger charge is -2.37. The van der Waals surface area contributed by atoms with E-state index in [2.05, 4.69) is 4.98 Å². The lowest BCUT2D eigenvalue weighted by molar-refractivity contribution is -0.151. The molecule has 2 rings (SSSR count). The molecule has 6 heteroatoms. The van der Waals surface area contributed by atoms with Crippen molar-refractivity contribution in [1.29, 1.82) is 0 Å². The first-order chi connectivity index (χ1) is 8.15. The largest absolute Gasteiger partial charge is 0.481 e. The fraction of sp³-hybridized carbons (Fsp3) is 0.545. The van der Waals surface area contributed by atoms with Crippen molar-refractivity contribution >= 4 is 23.2 Å². The molecule has 1 saturated heterocycles. The van der Waals surface area contributed by atoms with E-state index in [1.54, 1.807) is 16.5 Å². The lowest BCUT2D eigenvalue weighted by atomic mass is 9.89. The summed E-state index contributed by atoms with van der Waals surface area (Å²) in [4.78, 5) is 28.9. The summed E-state index contributed by atoms with van der Waals surface area (Å²) in [5.41, 5.74) is 0. The monoisotopic (exact) mass is 254 g/mol. The van der Waals surface area contributed by atoms with Crippen molar-refractivity contribution in [1.82, 2.24) is 9.88 Å². The molecule has 1 fully saturated rings. The highest BCUT2D eigenvalue weighted by Gasteiger charge is 2.41. The molecule has 17 heavy (non-hydrogen) atoms. The van der Waals surface area contributed by atoms with Gasteiger partial charge in [0.1, 0.15) is 5.01 Å². The van der Waals surface area contributed by atoms with Crippen LogP contribution in [0.2, 0.25) is 0 Å². The second-order valence-corrected chi connectivity index (χ2v) is 4.90. The molecule has 1 amide bonds. The Hall–Kier alpha value is -1.43. The van der Waals surface area contributed by atoms with E-state index in [9.17, 15) is 14.7 Å². The van der Waals surface area contributed by atoms with E-state index < -0.39 is 17.9 Å². The Morgan fingerprint density at radius 2 is 2.47 bits per heavy atom. The zero-order valence-corrected chi connectivity index (χ0v) is 10.3. The molecular weight excluding hydrogens is 240 g/mol. The van der Waals surface area contributed by atoms with Crippen molar-refractivity contribution < 1.29 is 14.7 Å². The highest BCUT2D eigenvalue weighted by Crippen LogP contribution is 2.37. The van der Waals surface area contributed by atoms with Crippen LogP contribution in [-0.4, -0.2) is 33.4 Å². The summed E-state index contributed by atoms with van der Waals surface area (Å²) in [6.45, 7) is 2.38. The summed E-state index contributed by atoms with van der Waals surface area (Å²) in [6, 6.07) is -0.404. The molecular formula is C11H14N2O3S. The van der Waals surface area contributed by atoms with Crippen LogP contribution in [0.3, 0.4) is 0 Å². The minimum Gasteiger partial charge on any atom is -0.481 e. The van der Waals surface area contributed by atoms with E-state index >= 15 is 0 Å². The third-order valence-electron chi connectivity index (χ3n) is 3.07. The third-order valence-corrected chi connectivity index (χ3v) is 3.91. The molecule has 0 spiro atoms. The second kappa shape index (κ2) is 4.83. The first-order valence-electron chi connectivity index (χ1n) is 5.56. The Kier molecular flexibility index (Phi) is 3.42. The zero-order valence-electron chi connectivity index (χ0n) is 9.50. The van der Waals surface area contributed by atoms with Crippen LogP contribution in [0, 0.1) is 5.92 Å². The van der Waals surface area contributed by atoms with Gasteiger partial charge in [0.05, 0.1) is 12.0 Å². The summed E-state index contributed by atoms with van der Waals surface area (Å²) in [7, 11) is 0. The highest BCUT2D eigenvalue weighted by molar-refractivity contribution is 7.09. The summed E-state index contributed by atoms with van der Waals surface area (Å²) < 4.78 is 0. The fourth-order valence-corrected chi connectivity index (χ4v) is 3.08. The van der Waals surface area contributed by atoms with Gasteiger partial charge in [0.15, 0.2) is 0 Å². The van der Waals surface area contributed by atoms with Crippen molar-refractivity contribution in [3.8, 4) is 0 Å². The van der Waals surface area contributed by atoms with Crippen LogP contribution < -0.4 is 0 Å². The number of hydrogen-bond acceptors (Lipinski definition) is 4. The van der Waals surface area contributed by atoms with E-state index in [0.29, 0.717) is 24.4 Å². The lowest BCUT2D eigenvalue weighted by Crippen LogP contribution is -2.45. The Balaban J connectivity index is 2.36. The van der Waals surface area contributed by atoms with Crippen molar-refractivity contribution in [2.24, 2.45) is 5.92 Å². The molecule has 0 bridgehead atoms. The summed E-state index contributed by atoms with van der Waals surface area (Å²) in [5, 5.41) is 11.8. The Bertz CT molecular complexity index is 416. The van der Waals surface area contributed by atoms with Crippen LogP contribution in [0.15, 0.2) is 11.6 Å². The third kappa shape index (κ3) is 2.17. The first-order valence-corrected chi connectivity index (χ1v) is 6.44. The number of amides is 1. The Morgan fingerprint density at radius 1 is 1.71 bits per heavy atom. The van der Waals surface area contributed by atoms with Crippen molar-refractivity contribution in [3.05, 3.63) is 16.6 Å². The molecule has 2 unspecified atom stereocenters. The molecule has 1 aromatic heterocycles. The maximum absolute atomic E-state index is 11.8. The number of thiazole rings is 1. The van der Waals surface area contributed by atoms with Gasteiger partial charge in [0.25, 0.3) is 0 Å². The highest BCUT2D eigenvalue weighted by atomic mass is 32.1. The van der Waals surface area contributed by atoms with E-state index in [1.165, 1.54) is 11.3 Å². The van der Waals surface area contributed by atoms with Crippen LogP contribution in [0.1, 0.15) is 30.8 Å². The van der Waals surface area contributed by atoms with Crippen LogP contribution in [0.5, 0.6) is 0 Å². The number of piperidine rings is 1. The molecule has 1 aliphatic heterocycles. The van der Waals surface area contributed by atoms with Crippen molar-refractivity contribution in [2.45, 2.75) is 25.8 Å². The predicted molar refractivity (Wildman–Crippen MR) is 62.6 cm³/mol. The number of carboxylic acid groups (broad SMARTS) is 1. The number of likely N-dealkylation sites (tertiary alicyclic amines) is 1. The Morgan fingerprint density at radius 3 is 3.00 bits per heavy atom. The van der Waals surface area contributed by atoms with Crippen LogP contribution >= 0.6 is 11.3 Å². The Labute approximate surface area is 103 Å². The quantitative estimate of drug-likeness (QED) is 0.888. The summed E-state index contributed by atoms with van der Waals surface area (Å²) >= 11 is 1.40.